The van der Waals surface area contributed by atoms with E-state index in [0.717, 1.165) is 43.7 Å². The van der Waals surface area contributed by atoms with Gasteiger partial charge in [0.25, 0.3) is 5.91 Å². The van der Waals surface area contributed by atoms with Gasteiger partial charge < -0.3 is 15.2 Å². The van der Waals surface area contributed by atoms with Crippen molar-refractivity contribution < 1.29 is 14.6 Å². The summed E-state index contributed by atoms with van der Waals surface area (Å²) in [5.74, 6) is 0.570. The lowest BCUT2D eigenvalue weighted by molar-refractivity contribution is 0.0847. The molecule has 1 aromatic heterocycles. The largest absolute Gasteiger partial charge is 0.497 e. The lowest BCUT2D eigenvalue weighted by atomic mass is 10.0. The van der Waals surface area contributed by atoms with Crippen molar-refractivity contribution in [2.24, 2.45) is 0 Å². The first-order valence-electron chi connectivity index (χ1n) is 9.04. The van der Waals surface area contributed by atoms with Crippen LogP contribution in [-0.4, -0.2) is 65.5 Å². The molecule has 2 aromatic rings. The predicted molar refractivity (Wildman–Crippen MR) is 99.2 cm³/mol. The fourth-order valence-corrected chi connectivity index (χ4v) is 3.34. The zero-order valence-electron chi connectivity index (χ0n) is 15.1. The third-order valence-electron chi connectivity index (χ3n) is 4.83. The molecule has 1 aliphatic rings. The lowest BCUT2D eigenvalue weighted by Crippen LogP contribution is -2.45. The molecule has 1 aromatic carbocycles. The molecular weight excluding hydrogens is 332 g/mol. The van der Waals surface area contributed by atoms with Crippen molar-refractivity contribution in [1.82, 2.24) is 20.4 Å². The smallest absolute Gasteiger partial charge is 0.269 e. The Bertz CT molecular complexity index is 731. The maximum atomic E-state index is 12.3. The van der Waals surface area contributed by atoms with Gasteiger partial charge in [-0.15, -0.1) is 0 Å². The molecule has 3 N–H and O–H groups in total. The number of nitrogens with zero attached hydrogens (tertiary/aromatic N) is 2. The summed E-state index contributed by atoms with van der Waals surface area (Å²) in [6.07, 6.45) is 3.33. The summed E-state index contributed by atoms with van der Waals surface area (Å²) < 4.78 is 5.22. The Balaban J connectivity index is 1.54. The predicted octanol–water partition coefficient (Wildman–Crippen LogP) is 1.66. The van der Waals surface area contributed by atoms with Crippen LogP contribution in [-0.2, 0) is 0 Å². The van der Waals surface area contributed by atoms with Crippen LogP contribution in [0.25, 0.3) is 11.3 Å². The molecule has 7 nitrogen and oxygen atoms in total. The maximum Gasteiger partial charge on any atom is 0.269 e. The van der Waals surface area contributed by atoms with E-state index in [4.69, 9.17) is 4.74 Å². The summed E-state index contributed by atoms with van der Waals surface area (Å²) in [4.78, 5) is 14.6. The van der Waals surface area contributed by atoms with E-state index in [1.807, 2.05) is 24.3 Å². The highest BCUT2D eigenvalue weighted by Gasteiger charge is 2.21. The SMILES string of the molecule is COc1cccc(-c2cc(C(=O)NCCN3CCCC[C@H]3CO)[nH]n2)c1. The number of methoxy groups -OCH3 is 1. The van der Waals surface area contributed by atoms with Gasteiger partial charge in [-0.25, -0.2) is 0 Å². The number of benzene rings is 1. The lowest BCUT2D eigenvalue weighted by Gasteiger charge is -2.34. The van der Waals surface area contributed by atoms with Gasteiger partial charge >= 0.3 is 0 Å². The first-order valence-corrected chi connectivity index (χ1v) is 9.04. The first-order chi connectivity index (χ1) is 12.7. The van der Waals surface area contributed by atoms with Crippen molar-refractivity contribution in [3.05, 3.63) is 36.0 Å². The minimum atomic E-state index is -0.177. The summed E-state index contributed by atoms with van der Waals surface area (Å²) in [6.45, 7) is 2.44. The van der Waals surface area contributed by atoms with Gasteiger partial charge in [0.2, 0.25) is 0 Å². The van der Waals surface area contributed by atoms with Crippen LogP contribution in [0.15, 0.2) is 30.3 Å². The fourth-order valence-electron chi connectivity index (χ4n) is 3.34. The summed E-state index contributed by atoms with van der Waals surface area (Å²) in [6, 6.07) is 9.51. The highest BCUT2D eigenvalue weighted by Crippen LogP contribution is 2.22. The van der Waals surface area contributed by atoms with Gasteiger partial charge in [-0.2, -0.15) is 5.10 Å². The van der Waals surface area contributed by atoms with Crippen molar-refractivity contribution in [2.75, 3.05) is 33.4 Å². The number of aromatic nitrogens is 2. The second-order valence-corrected chi connectivity index (χ2v) is 6.52. The number of rotatable bonds is 7. The van der Waals surface area contributed by atoms with Crippen molar-refractivity contribution in [2.45, 2.75) is 25.3 Å². The van der Waals surface area contributed by atoms with Gasteiger partial charge in [-0.3, -0.25) is 14.8 Å². The number of hydrogen-bond donors (Lipinski definition) is 3. The zero-order chi connectivity index (χ0) is 18.4. The molecule has 1 amide bonds. The van der Waals surface area contributed by atoms with Gasteiger partial charge in [0.15, 0.2) is 0 Å². The van der Waals surface area contributed by atoms with E-state index >= 15 is 0 Å². The van der Waals surface area contributed by atoms with Gasteiger partial charge in [0, 0.05) is 24.7 Å². The monoisotopic (exact) mass is 358 g/mol. The van der Waals surface area contributed by atoms with Crippen molar-refractivity contribution in [3.63, 3.8) is 0 Å². The Morgan fingerprint density at radius 3 is 3.12 bits per heavy atom. The standard InChI is InChI=1S/C19H26N4O3/c1-26-16-7-4-5-14(11-16)17-12-18(22-21-17)19(25)20-8-10-23-9-3-2-6-15(23)13-24/h4-5,7,11-12,15,24H,2-3,6,8-10,13H2,1H3,(H,20,25)(H,21,22)/t15-/m0/s1. The summed E-state index contributed by atoms with van der Waals surface area (Å²) >= 11 is 0. The molecular formula is C19H26N4O3. The summed E-state index contributed by atoms with van der Waals surface area (Å²) in [7, 11) is 1.62. The quantitative estimate of drug-likeness (QED) is 0.700. The van der Waals surface area contributed by atoms with Gasteiger partial charge in [0.1, 0.15) is 11.4 Å². The van der Waals surface area contributed by atoms with E-state index in [2.05, 4.69) is 20.4 Å². The van der Waals surface area contributed by atoms with E-state index in [-0.39, 0.29) is 18.6 Å². The van der Waals surface area contributed by atoms with E-state index in [1.165, 1.54) is 0 Å². The van der Waals surface area contributed by atoms with Crippen LogP contribution in [0, 0.1) is 0 Å². The number of hydrogen-bond acceptors (Lipinski definition) is 5. The molecule has 0 radical (unpaired) electrons. The number of carbonyl (C=O) groups excluding carboxylic acids is 1. The number of aliphatic hydroxyl groups is 1. The maximum absolute atomic E-state index is 12.3. The molecule has 1 aliphatic heterocycles. The highest BCUT2D eigenvalue weighted by atomic mass is 16.5. The second-order valence-electron chi connectivity index (χ2n) is 6.52. The third-order valence-corrected chi connectivity index (χ3v) is 4.83. The number of piperidine rings is 1. The van der Waals surface area contributed by atoms with Crippen molar-refractivity contribution in [3.8, 4) is 17.0 Å². The van der Waals surface area contributed by atoms with Crippen LogP contribution in [0.4, 0.5) is 0 Å². The zero-order valence-corrected chi connectivity index (χ0v) is 15.1. The average molecular weight is 358 g/mol. The number of nitrogens with one attached hydrogen (secondary N) is 2. The number of ether oxygens (including phenoxy) is 1. The normalized spacial score (nSPS) is 17.8. The third kappa shape index (κ3) is 4.42. The Morgan fingerprint density at radius 2 is 2.31 bits per heavy atom. The number of H-pyrrole nitrogens is 1. The van der Waals surface area contributed by atoms with Crippen LogP contribution in [0.1, 0.15) is 29.8 Å². The molecule has 0 unspecified atom stereocenters. The van der Waals surface area contributed by atoms with Crippen LogP contribution in [0.2, 0.25) is 0 Å². The summed E-state index contributed by atoms with van der Waals surface area (Å²) in [5.41, 5.74) is 2.02. The Morgan fingerprint density at radius 1 is 1.42 bits per heavy atom. The molecule has 1 atom stereocenters. The van der Waals surface area contributed by atoms with Crippen LogP contribution < -0.4 is 10.1 Å². The second kappa shape index (κ2) is 8.82. The molecule has 0 saturated carbocycles. The highest BCUT2D eigenvalue weighted by molar-refractivity contribution is 5.93. The Hall–Kier alpha value is -2.38. The minimum absolute atomic E-state index is 0.177. The topological polar surface area (TPSA) is 90.5 Å². The number of likely N-dealkylation sites (tertiary alicyclic amines) is 1. The minimum Gasteiger partial charge on any atom is -0.497 e. The number of carbonyl (C=O) groups is 1. The molecule has 26 heavy (non-hydrogen) atoms. The molecule has 140 valence electrons. The first kappa shape index (κ1) is 18.4. The van der Waals surface area contributed by atoms with Crippen molar-refractivity contribution in [1.29, 1.82) is 0 Å². The molecule has 0 bridgehead atoms. The molecule has 7 heteroatoms. The van der Waals surface area contributed by atoms with Crippen LogP contribution >= 0.6 is 0 Å². The van der Waals surface area contributed by atoms with E-state index in [1.54, 1.807) is 13.2 Å². The van der Waals surface area contributed by atoms with E-state index < -0.39 is 0 Å². The number of aliphatic hydroxyl groups excluding tert-OH is 1. The average Bonchev–Trinajstić information content (AvgIpc) is 3.19. The molecule has 0 aliphatic carbocycles. The van der Waals surface area contributed by atoms with Gasteiger partial charge in [-0.05, 0) is 37.6 Å². The molecule has 3 rings (SSSR count). The molecule has 2 heterocycles. The number of aromatic amines is 1. The molecule has 1 fully saturated rings. The molecule has 1 saturated heterocycles. The fraction of sp³-hybridized carbons (Fsp3) is 0.474. The van der Waals surface area contributed by atoms with Crippen molar-refractivity contribution >= 4 is 5.91 Å². The van der Waals surface area contributed by atoms with Gasteiger partial charge in [0.05, 0.1) is 19.4 Å². The Kier molecular flexibility index (Phi) is 6.25. The molecule has 0 spiro atoms. The van der Waals surface area contributed by atoms with Crippen LogP contribution in [0.5, 0.6) is 5.75 Å². The van der Waals surface area contributed by atoms with E-state index in [9.17, 15) is 9.90 Å². The van der Waals surface area contributed by atoms with Gasteiger partial charge in [-0.1, -0.05) is 18.6 Å². The van der Waals surface area contributed by atoms with E-state index in [0.29, 0.717) is 17.9 Å². The summed E-state index contributed by atoms with van der Waals surface area (Å²) in [5, 5.41) is 19.4. The number of amides is 1. The van der Waals surface area contributed by atoms with Crippen LogP contribution in [0.3, 0.4) is 0 Å². The Labute approximate surface area is 153 Å².